The third kappa shape index (κ3) is 4.93. The third-order valence-corrected chi connectivity index (χ3v) is 4.55. The van der Waals surface area contributed by atoms with Crippen LogP contribution < -0.4 is 14.8 Å². The Balaban J connectivity index is 2.01. The Morgan fingerprint density at radius 2 is 1.88 bits per heavy atom. The van der Waals surface area contributed by atoms with Crippen LogP contribution in [0.4, 0.5) is 5.69 Å². The number of methoxy groups -OCH3 is 1. The minimum atomic E-state index is -0.203. The van der Waals surface area contributed by atoms with E-state index in [1.807, 2.05) is 51.1 Å². The van der Waals surface area contributed by atoms with Crippen molar-refractivity contribution in [1.29, 1.82) is 0 Å². The number of nitrogens with one attached hydrogen (secondary N) is 1. The van der Waals surface area contributed by atoms with Crippen molar-refractivity contribution in [3.8, 4) is 11.5 Å². The van der Waals surface area contributed by atoms with Gasteiger partial charge in [-0.1, -0.05) is 17.7 Å². The maximum absolute atomic E-state index is 12.4. The zero-order chi connectivity index (χ0) is 17.5. The van der Waals surface area contributed by atoms with E-state index in [0.29, 0.717) is 23.8 Å². The van der Waals surface area contributed by atoms with Crippen LogP contribution in [0.25, 0.3) is 0 Å². The highest BCUT2D eigenvalue weighted by atomic mass is 32.2. The third-order valence-electron chi connectivity index (χ3n) is 3.43. The number of ether oxygens (including phenoxy) is 2. The van der Waals surface area contributed by atoms with Crippen LogP contribution in [0.15, 0.2) is 47.4 Å². The number of thioether (sulfide) groups is 1. The van der Waals surface area contributed by atoms with E-state index in [2.05, 4.69) is 5.32 Å². The van der Waals surface area contributed by atoms with Crippen molar-refractivity contribution in [3.05, 3.63) is 48.0 Å². The molecule has 0 radical (unpaired) electrons. The van der Waals surface area contributed by atoms with E-state index in [9.17, 15) is 4.79 Å². The van der Waals surface area contributed by atoms with E-state index < -0.39 is 0 Å². The molecule has 128 valence electrons. The van der Waals surface area contributed by atoms with Crippen LogP contribution in [-0.4, -0.2) is 24.9 Å². The van der Waals surface area contributed by atoms with Crippen molar-refractivity contribution in [2.45, 2.75) is 30.9 Å². The Labute approximate surface area is 147 Å². The molecule has 0 fully saturated rings. The van der Waals surface area contributed by atoms with Gasteiger partial charge in [-0.25, -0.2) is 0 Å². The molecule has 5 heteroatoms. The van der Waals surface area contributed by atoms with Gasteiger partial charge in [-0.15, -0.1) is 11.8 Å². The van der Waals surface area contributed by atoms with Gasteiger partial charge < -0.3 is 14.8 Å². The van der Waals surface area contributed by atoms with Crippen molar-refractivity contribution in [1.82, 2.24) is 0 Å². The molecule has 24 heavy (non-hydrogen) atoms. The van der Waals surface area contributed by atoms with E-state index in [0.717, 1.165) is 4.90 Å². The predicted octanol–water partition coefficient (Wildman–Crippen LogP) is 4.52. The number of carbonyl (C=O) groups is 1. The van der Waals surface area contributed by atoms with Crippen LogP contribution in [0.2, 0.25) is 0 Å². The number of anilines is 1. The lowest BCUT2D eigenvalue weighted by atomic mass is 10.2. The van der Waals surface area contributed by atoms with Crippen LogP contribution in [0.5, 0.6) is 11.5 Å². The fourth-order valence-electron chi connectivity index (χ4n) is 2.14. The Kier molecular flexibility index (Phi) is 6.55. The molecule has 0 bridgehead atoms. The largest absolute Gasteiger partial charge is 0.493 e. The fourth-order valence-corrected chi connectivity index (χ4v) is 3.01. The molecule has 2 rings (SSSR count). The second-order valence-corrected chi connectivity index (χ2v) is 6.78. The smallest absolute Gasteiger partial charge is 0.237 e. The van der Waals surface area contributed by atoms with Crippen molar-refractivity contribution >= 4 is 23.4 Å². The van der Waals surface area contributed by atoms with Crippen molar-refractivity contribution in [2.24, 2.45) is 0 Å². The number of amides is 1. The van der Waals surface area contributed by atoms with Gasteiger partial charge in [0.2, 0.25) is 5.91 Å². The van der Waals surface area contributed by atoms with Crippen molar-refractivity contribution < 1.29 is 14.3 Å². The lowest BCUT2D eigenvalue weighted by Crippen LogP contribution is -2.22. The zero-order valence-corrected chi connectivity index (χ0v) is 15.3. The molecule has 4 nitrogen and oxygen atoms in total. The highest BCUT2D eigenvalue weighted by Gasteiger charge is 2.15. The van der Waals surface area contributed by atoms with Gasteiger partial charge in [0.25, 0.3) is 0 Å². The number of benzene rings is 2. The molecule has 0 heterocycles. The summed E-state index contributed by atoms with van der Waals surface area (Å²) in [4.78, 5) is 13.5. The lowest BCUT2D eigenvalue weighted by molar-refractivity contribution is -0.115. The Hall–Kier alpha value is -2.14. The summed E-state index contributed by atoms with van der Waals surface area (Å²) in [6.07, 6.45) is 0. The van der Waals surface area contributed by atoms with Crippen molar-refractivity contribution in [2.75, 3.05) is 19.0 Å². The maximum atomic E-state index is 12.4. The normalized spacial score (nSPS) is 11.7. The number of aryl methyl sites for hydroxylation is 1. The van der Waals surface area contributed by atoms with Gasteiger partial charge in [0, 0.05) is 16.6 Å². The summed E-state index contributed by atoms with van der Waals surface area (Å²) in [6.45, 7) is 6.42. The van der Waals surface area contributed by atoms with Gasteiger partial charge in [0.1, 0.15) is 0 Å². The highest BCUT2D eigenvalue weighted by Crippen LogP contribution is 2.31. The van der Waals surface area contributed by atoms with Gasteiger partial charge in [0.05, 0.1) is 19.0 Å². The summed E-state index contributed by atoms with van der Waals surface area (Å²) >= 11 is 1.53. The van der Waals surface area contributed by atoms with E-state index in [-0.39, 0.29) is 11.2 Å². The Morgan fingerprint density at radius 1 is 1.17 bits per heavy atom. The summed E-state index contributed by atoms with van der Waals surface area (Å²) in [7, 11) is 1.58. The first-order valence-corrected chi connectivity index (χ1v) is 8.76. The molecule has 0 aliphatic carbocycles. The average Bonchev–Trinajstić information content (AvgIpc) is 2.58. The van der Waals surface area contributed by atoms with Gasteiger partial charge in [-0.3, -0.25) is 4.79 Å². The van der Waals surface area contributed by atoms with Crippen LogP contribution in [0, 0.1) is 6.92 Å². The van der Waals surface area contributed by atoms with Gasteiger partial charge >= 0.3 is 0 Å². The second kappa shape index (κ2) is 8.64. The summed E-state index contributed by atoms with van der Waals surface area (Å²) in [6, 6.07) is 13.5. The molecule has 2 aromatic carbocycles. The van der Waals surface area contributed by atoms with E-state index in [1.165, 1.54) is 17.3 Å². The minimum Gasteiger partial charge on any atom is -0.493 e. The molecule has 0 spiro atoms. The van der Waals surface area contributed by atoms with Crippen molar-refractivity contribution in [3.63, 3.8) is 0 Å². The summed E-state index contributed by atoms with van der Waals surface area (Å²) < 4.78 is 10.8. The number of hydrogen-bond donors (Lipinski definition) is 1. The maximum Gasteiger partial charge on any atom is 0.237 e. The molecule has 0 unspecified atom stereocenters. The Bertz CT molecular complexity index is 686. The quantitative estimate of drug-likeness (QED) is 0.750. The molecule has 2 aromatic rings. The zero-order valence-electron chi connectivity index (χ0n) is 14.5. The van der Waals surface area contributed by atoms with Gasteiger partial charge in [0.15, 0.2) is 11.5 Å². The van der Waals surface area contributed by atoms with E-state index in [4.69, 9.17) is 9.47 Å². The summed E-state index contributed by atoms with van der Waals surface area (Å²) in [5.74, 6) is 1.22. The first-order chi connectivity index (χ1) is 11.5. The Morgan fingerprint density at radius 3 is 2.50 bits per heavy atom. The molecular weight excluding hydrogens is 322 g/mol. The SMILES string of the molecule is CCOc1ccc(NC(=O)[C@@H](C)Sc2ccc(C)cc2)cc1OC. The predicted molar refractivity (Wildman–Crippen MR) is 99.3 cm³/mol. The average molecular weight is 345 g/mol. The molecule has 0 aromatic heterocycles. The second-order valence-electron chi connectivity index (χ2n) is 5.36. The van der Waals surface area contributed by atoms with E-state index >= 15 is 0 Å². The first kappa shape index (κ1) is 18.2. The standard InChI is InChI=1S/C19H23NO3S/c1-5-23-17-11-8-15(12-18(17)22-4)20-19(21)14(3)24-16-9-6-13(2)7-10-16/h6-12,14H,5H2,1-4H3,(H,20,21)/t14-/m1/s1. The highest BCUT2D eigenvalue weighted by molar-refractivity contribution is 8.00. The summed E-state index contributed by atoms with van der Waals surface area (Å²) in [5, 5.41) is 2.72. The molecular formula is C19H23NO3S. The number of carbonyl (C=O) groups excluding carboxylic acids is 1. The van der Waals surface area contributed by atoms with Crippen LogP contribution in [0.1, 0.15) is 19.4 Å². The topological polar surface area (TPSA) is 47.6 Å². The first-order valence-electron chi connectivity index (χ1n) is 7.88. The van der Waals surface area contributed by atoms with Crippen LogP contribution in [0.3, 0.4) is 0 Å². The minimum absolute atomic E-state index is 0.0493. The van der Waals surface area contributed by atoms with E-state index in [1.54, 1.807) is 19.2 Å². The summed E-state index contributed by atoms with van der Waals surface area (Å²) in [5.41, 5.74) is 1.90. The lowest BCUT2D eigenvalue weighted by Gasteiger charge is -2.14. The van der Waals surface area contributed by atoms with Gasteiger partial charge in [-0.05, 0) is 45.0 Å². The molecule has 0 aliphatic heterocycles. The van der Waals surface area contributed by atoms with Crippen LogP contribution in [-0.2, 0) is 4.79 Å². The number of hydrogen-bond acceptors (Lipinski definition) is 4. The monoisotopic (exact) mass is 345 g/mol. The molecule has 1 N–H and O–H groups in total. The molecule has 1 atom stereocenters. The molecule has 1 amide bonds. The molecule has 0 saturated heterocycles. The fraction of sp³-hybridized carbons (Fsp3) is 0.316. The molecule has 0 saturated carbocycles. The number of rotatable bonds is 7. The van der Waals surface area contributed by atoms with Gasteiger partial charge in [-0.2, -0.15) is 0 Å². The molecule has 0 aliphatic rings. The van der Waals surface area contributed by atoms with Crippen LogP contribution >= 0.6 is 11.8 Å².